The fraction of sp³-hybridized carbons (Fsp3) is 0.0179. The summed E-state index contributed by atoms with van der Waals surface area (Å²) in [5.74, 6) is 1.31. The predicted octanol–water partition coefficient (Wildman–Crippen LogP) is 13.4. The van der Waals surface area contributed by atoms with Crippen LogP contribution in [0, 0.1) is 47.5 Å². The van der Waals surface area contributed by atoms with Crippen molar-refractivity contribution in [2.24, 2.45) is 0 Å². The van der Waals surface area contributed by atoms with Crippen LogP contribution < -0.4 is 0 Å². The predicted molar refractivity (Wildman–Crippen MR) is 252 cm³/mol. The number of hydrogen-bond donors (Lipinski definition) is 0. The van der Waals surface area contributed by atoms with Crippen LogP contribution in [-0.2, 0) is 0 Å². The molecule has 2 aromatic heterocycles. The number of rotatable bonds is 7. The largest absolute Gasteiger partial charge is 0.308 e. The van der Waals surface area contributed by atoms with E-state index in [0.717, 1.165) is 44.1 Å². The van der Waals surface area contributed by atoms with Gasteiger partial charge in [0.05, 0.1) is 52.6 Å². The first-order chi connectivity index (χ1) is 31.4. The number of nitrogens with zero attached hydrogens (tertiary/aromatic N) is 8. The van der Waals surface area contributed by atoms with E-state index in [4.69, 9.17) is 21.5 Å². The first-order valence-electron chi connectivity index (χ1n) is 20.5. The molecule has 0 unspecified atom stereocenters. The van der Waals surface area contributed by atoms with E-state index in [0.29, 0.717) is 73.4 Å². The van der Waals surface area contributed by atoms with Crippen molar-refractivity contribution in [3.63, 3.8) is 0 Å². The molecular formula is C56H32N8. The van der Waals surface area contributed by atoms with Crippen LogP contribution in [-0.4, -0.2) is 19.5 Å². The molecule has 2 heterocycles. The number of hydrogen-bond acceptors (Lipinski definition) is 6. The van der Waals surface area contributed by atoms with E-state index in [9.17, 15) is 15.8 Å². The highest BCUT2D eigenvalue weighted by molar-refractivity contribution is 6.12. The Kier molecular flexibility index (Phi) is 9.79. The van der Waals surface area contributed by atoms with Crippen molar-refractivity contribution in [1.29, 1.82) is 15.8 Å². The average Bonchev–Trinajstić information content (AvgIpc) is 3.69. The second-order valence-electron chi connectivity index (χ2n) is 15.3. The summed E-state index contributed by atoms with van der Waals surface area (Å²) in [4.78, 5) is 18.8. The van der Waals surface area contributed by atoms with Crippen LogP contribution in [0.15, 0.2) is 176 Å². The molecule has 296 valence electrons. The van der Waals surface area contributed by atoms with Gasteiger partial charge in [0.2, 0.25) is 0 Å². The molecule has 0 saturated heterocycles. The van der Waals surface area contributed by atoms with Gasteiger partial charge in [-0.25, -0.2) is 19.8 Å². The number of aryl methyl sites for hydroxylation is 1. The lowest BCUT2D eigenvalue weighted by atomic mass is 9.88. The first-order valence-corrected chi connectivity index (χ1v) is 20.5. The second-order valence-corrected chi connectivity index (χ2v) is 15.3. The van der Waals surface area contributed by atoms with Gasteiger partial charge in [0, 0.05) is 49.7 Å². The SMILES string of the molecule is [C-]#[N+]c1ccc(-c2cc(-c3nc(-c4ccccc4)nc(-c4ccccc4)n3)cc(-c3ccc(C#N)cc3C#N)c2-n2c3ccccc3c3cc(-c4ccc(C)cc4)ccc32)c(C#N)c1. The van der Waals surface area contributed by atoms with Crippen molar-refractivity contribution in [2.45, 2.75) is 6.92 Å². The summed E-state index contributed by atoms with van der Waals surface area (Å²) in [5, 5.41) is 33.6. The zero-order valence-corrected chi connectivity index (χ0v) is 34.3. The van der Waals surface area contributed by atoms with E-state index in [-0.39, 0.29) is 0 Å². The first kappa shape index (κ1) is 38.7. The van der Waals surface area contributed by atoms with Crippen molar-refractivity contribution < 1.29 is 0 Å². The normalized spacial score (nSPS) is 10.8. The van der Waals surface area contributed by atoms with Gasteiger partial charge in [-0.2, -0.15) is 15.8 Å². The number of nitriles is 3. The molecule has 8 aromatic carbocycles. The van der Waals surface area contributed by atoms with Gasteiger partial charge < -0.3 is 4.57 Å². The highest BCUT2D eigenvalue weighted by Crippen LogP contribution is 2.46. The van der Waals surface area contributed by atoms with Gasteiger partial charge in [0.25, 0.3) is 0 Å². The number of fused-ring (bicyclic) bond motifs is 3. The minimum atomic E-state index is 0.292. The Morgan fingerprint density at radius 3 is 1.61 bits per heavy atom. The molecule has 0 aliphatic heterocycles. The van der Waals surface area contributed by atoms with E-state index < -0.39 is 0 Å². The van der Waals surface area contributed by atoms with Crippen LogP contribution in [0.4, 0.5) is 5.69 Å². The summed E-state index contributed by atoms with van der Waals surface area (Å²) in [6.07, 6.45) is 0. The summed E-state index contributed by atoms with van der Waals surface area (Å²) < 4.78 is 2.19. The quantitative estimate of drug-likeness (QED) is 0.148. The Balaban J connectivity index is 1.37. The molecule has 10 rings (SSSR count). The van der Waals surface area contributed by atoms with Crippen molar-refractivity contribution in [2.75, 3.05) is 0 Å². The van der Waals surface area contributed by atoms with E-state index in [1.165, 1.54) is 5.56 Å². The third kappa shape index (κ3) is 6.87. The van der Waals surface area contributed by atoms with E-state index in [1.54, 1.807) is 30.3 Å². The molecule has 8 heteroatoms. The summed E-state index contributed by atoms with van der Waals surface area (Å²) in [7, 11) is 0. The number of benzene rings is 8. The van der Waals surface area contributed by atoms with Crippen LogP contribution in [0.2, 0.25) is 0 Å². The minimum absolute atomic E-state index is 0.292. The molecule has 0 aliphatic rings. The summed E-state index contributed by atoms with van der Waals surface area (Å²) in [6, 6.07) is 63.7. The fourth-order valence-electron chi connectivity index (χ4n) is 8.36. The molecule has 0 N–H and O–H groups in total. The third-order valence-electron chi connectivity index (χ3n) is 11.5. The van der Waals surface area contributed by atoms with E-state index in [2.05, 4.69) is 89.1 Å². The molecule has 0 atom stereocenters. The molecule has 8 nitrogen and oxygen atoms in total. The Labute approximate surface area is 369 Å². The van der Waals surface area contributed by atoms with Gasteiger partial charge in [-0.3, -0.25) is 0 Å². The molecule has 0 spiro atoms. The minimum Gasteiger partial charge on any atom is -0.308 e. The third-order valence-corrected chi connectivity index (χ3v) is 11.5. The standard InChI is InChI=1S/C56H32N8/c1-35-17-20-37(21-18-35)40-22-26-52-48(29-40)47-15-9-10-16-51(47)64(52)53-49(45-24-19-36(32-57)27-42(45)33-58)30-41(31-50(53)46-25-23-44(60-2)28-43(46)34-59)56-62-54(38-11-5-3-6-12-38)61-55(63-56)39-13-7-4-8-14-39/h3-31H,1H3. The molecule has 0 aliphatic carbocycles. The number of aromatic nitrogens is 4. The Hall–Kier alpha value is -9.47. The Morgan fingerprint density at radius 1 is 0.453 bits per heavy atom. The van der Waals surface area contributed by atoms with E-state index in [1.807, 2.05) is 91.0 Å². The maximum absolute atomic E-state index is 10.8. The zero-order valence-electron chi connectivity index (χ0n) is 34.3. The van der Waals surface area contributed by atoms with Crippen LogP contribution >= 0.6 is 0 Å². The van der Waals surface area contributed by atoms with Gasteiger partial charge >= 0.3 is 0 Å². The van der Waals surface area contributed by atoms with Gasteiger partial charge in [0.1, 0.15) is 0 Å². The second kappa shape index (κ2) is 16.2. The smallest absolute Gasteiger partial charge is 0.188 e. The molecule has 64 heavy (non-hydrogen) atoms. The zero-order chi connectivity index (χ0) is 43.7. The topological polar surface area (TPSA) is 119 Å². The van der Waals surface area contributed by atoms with Gasteiger partial charge in [-0.15, -0.1) is 0 Å². The monoisotopic (exact) mass is 816 g/mol. The Morgan fingerprint density at radius 2 is 1.00 bits per heavy atom. The lowest BCUT2D eigenvalue weighted by molar-refractivity contribution is 1.07. The number of para-hydroxylation sites is 1. The molecular weight excluding hydrogens is 785 g/mol. The van der Waals surface area contributed by atoms with Crippen molar-refractivity contribution in [1.82, 2.24) is 19.5 Å². The molecule has 0 amide bonds. The van der Waals surface area contributed by atoms with Crippen LogP contribution in [0.25, 0.3) is 99.9 Å². The van der Waals surface area contributed by atoms with Crippen molar-refractivity contribution in [3.8, 4) is 91.4 Å². The van der Waals surface area contributed by atoms with Crippen molar-refractivity contribution in [3.05, 3.63) is 210 Å². The maximum Gasteiger partial charge on any atom is 0.188 e. The molecule has 0 saturated carbocycles. The van der Waals surface area contributed by atoms with Crippen molar-refractivity contribution >= 4 is 27.5 Å². The molecule has 0 fully saturated rings. The van der Waals surface area contributed by atoms with E-state index >= 15 is 0 Å². The summed E-state index contributed by atoms with van der Waals surface area (Å²) >= 11 is 0. The average molecular weight is 817 g/mol. The van der Waals surface area contributed by atoms with Gasteiger partial charge in [0.15, 0.2) is 23.2 Å². The molecule has 0 bridgehead atoms. The summed E-state index contributed by atoms with van der Waals surface area (Å²) in [6.45, 7) is 9.88. The highest BCUT2D eigenvalue weighted by Gasteiger charge is 2.26. The Bertz CT molecular complexity index is 3500. The maximum atomic E-state index is 10.8. The summed E-state index contributed by atoms with van der Waals surface area (Å²) in [5.41, 5.74) is 11.7. The van der Waals surface area contributed by atoms with Crippen LogP contribution in [0.5, 0.6) is 0 Å². The van der Waals surface area contributed by atoms with Gasteiger partial charge in [-0.1, -0.05) is 133 Å². The fourth-order valence-corrected chi connectivity index (χ4v) is 8.36. The van der Waals surface area contributed by atoms with Crippen LogP contribution in [0.1, 0.15) is 22.3 Å². The lowest BCUT2D eigenvalue weighted by Gasteiger charge is -2.22. The van der Waals surface area contributed by atoms with Crippen LogP contribution in [0.3, 0.4) is 0 Å². The highest BCUT2D eigenvalue weighted by atomic mass is 15.0. The lowest BCUT2D eigenvalue weighted by Crippen LogP contribution is -2.05. The molecule has 10 aromatic rings. The van der Waals surface area contributed by atoms with Gasteiger partial charge in [-0.05, 0) is 72.1 Å². The molecule has 0 radical (unpaired) electrons.